The van der Waals surface area contributed by atoms with Crippen molar-refractivity contribution in [1.29, 1.82) is 0 Å². The predicted octanol–water partition coefficient (Wildman–Crippen LogP) is 2.71. The van der Waals surface area contributed by atoms with Gasteiger partial charge >= 0.3 is 0 Å². The number of carbonyl (C=O) groups is 1. The van der Waals surface area contributed by atoms with Crippen LogP contribution < -0.4 is 0 Å². The fraction of sp³-hybridized carbons (Fsp3) is 0.692. The summed E-state index contributed by atoms with van der Waals surface area (Å²) in [7, 11) is 0. The number of amides is 1. The number of rotatable bonds is 7. The molecule has 1 heterocycles. The second-order valence-electron chi connectivity index (χ2n) is 4.12. The Morgan fingerprint density at radius 2 is 2.17 bits per heavy atom. The lowest BCUT2D eigenvalue weighted by atomic mass is 10.2. The molecule has 1 amide bonds. The summed E-state index contributed by atoms with van der Waals surface area (Å²) in [6, 6.07) is 1.92. The van der Waals surface area contributed by atoms with Crippen molar-refractivity contribution in [3.63, 3.8) is 0 Å². The van der Waals surface area contributed by atoms with E-state index in [4.69, 9.17) is 0 Å². The number of carbonyl (C=O) groups excluding carboxylic acids is 1. The van der Waals surface area contributed by atoms with Crippen LogP contribution in [-0.4, -0.2) is 39.0 Å². The molecule has 0 radical (unpaired) electrons. The third-order valence-corrected chi connectivity index (χ3v) is 3.50. The van der Waals surface area contributed by atoms with E-state index >= 15 is 0 Å². The summed E-state index contributed by atoms with van der Waals surface area (Å²) in [6.07, 6.45) is 1.83. The Labute approximate surface area is 117 Å². The number of aromatic nitrogens is 2. The van der Waals surface area contributed by atoms with Crippen LogP contribution in [0.4, 0.5) is 0 Å². The number of alkyl halides is 1. The molecule has 0 atom stereocenters. The van der Waals surface area contributed by atoms with Gasteiger partial charge < -0.3 is 4.90 Å². The molecule has 1 aromatic rings. The molecule has 0 bridgehead atoms. The molecule has 1 rings (SSSR count). The lowest BCUT2D eigenvalue weighted by Crippen LogP contribution is -2.33. The number of hydrogen-bond acceptors (Lipinski definition) is 2. The lowest BCUT2D eigenvalue weighted by Gasteiger charge is -2.20. The second kappa shape index (κ2) is 7.56. The first kappa shape index (κ1) is 15.2. The van der Waals surface area contributed by atoms with Gasteiger partial charge in [-0.25, -0.2) is 0 Å². The smallest absolute Gasteiger partial charge is 0.272 e. The standard InChI is InChI=1S/C13H22BrN3O/c1-4-11-10-12(17(6-3)15-11)13(18)16(5-2)9-7-8-14/h10H,4-9H2,1-3H3. The number of nitrogens with zero attached hydrogens (tertiary/aromatic N) is 3. The summed E-state index contributed by atoms with van der Waals surface area (Å²) in [5, 5.41) is 5.35. The first-order valence-electron chi connectivity index (χ1n) is 6.59. The molecule has 4 nitrogen and oxygen atoms in total. The van der Waals surface area contributed by atoms with Crippen LogP contribution in [0.15, 0.2) is 6.07 Å². The van der Waals surface area contributed by atoms with Gasteiger partial charge in [-0.2, -0.15) is 5.10 Å². The van der Waals surface area contributed by atoms with Gasteiger partial charge in [-0.1, -0.05) is 22.9 Å². The zero-order valence-corrected chi connectivity index (χ0v) is 13.0. The van der Waals surface area contributed by atoms with E-state index in [1.807, 2.05) is 24.8 Å². The van der Waals surface area contributed by atoms with Crippen molar-refractivity contribution in [3.8, 4) is 0 Å². The van der Waals surface area contributed by atoms with Gasteiger partial charge in [0.05, 0.1) is 5.69 Å². The minimum absolute atomic E-state index is 0.0903. The van der Waals surface area contributed by atoms with Gasteiger partial charge in [-0.15, -0.1) is 0 Å². The molecule has 5 heteroatoms. The Morgan fingerprint density at radius 1 is 1.44 bits per heavy atom. The minimum atomic E-state index is 0.0903. The Kier molecular flexibility index (Phi) is 6.39. The summed E-state index contributed by atoms with van der Waals surface area (Å²) in [5.74, 6) is 0.0903. The van der Waals surface area contributed by atoms with Crippen molar-refractivity contribution in [3.05, 3.63) is 17.5 Å². The Bertz CT molecular complexity index is 390. The van der Waals surface area contributed by atoms with Gasteiger partial charge in [0, 0.05) is 25.0 Å². The van der Waals surface area contributed by atoms with Crippen molar-refractivity contribution < 1.29 is 4.79 Å². The highest BCUT2D eigenvalue weighted by molar-refractivity contribution is 9.09. The van der Waals surface area contributed by atoms with Crippen molar-refractivity contribution >= 4 is 21.8 Å². The Hall–Kier alpha value is -0.840. The van der Waals surface area contributed by atoms with Gasteiger partial charge in [0.25, 0.3) is 5.91 Å². The maximum atomic E-state index is 12.4. The molecule has 0 aromatic carbocycles. The van der Waals surface area contributed by atoms with Crippen LogP contribution in [0.3, 0.4) is 0 Å². The summed E-state index contributed by atoms with van der Waals surface area (Å²) >= 11 is 3.40. The molecular formula is C13H22BrN3O. The third kappa shape index (κ3) is 3.57. The highest BCUT2D eigenvalue weighted by Crippen LogP contribution is 2.10. The maximum absolute atomic E-state index is 12.4. The van der Waals surface area contributed by atoms with Gasteiger partial charge in [-0.05, 0) is 32.8 Å². The van der Waals surface area contributed by atoms with Crippen molar-refractivity contribution in [2.45, 2.75) is 40.2 Å². The van der Waals surface area contributed by atoms with Crippen LogP contribution in [0.25, 0.3) is 0 Å². The second-order valence-corrected chi connectivity index (χ2v) is 4.91. The quantitative estimate of drug-likeness (QED) is 0.726. The SMILES string of the molecule is CCc1cc(C(=O)N(CC)CCCBr)n(CC)n1. The van der Waals surface area contributed by atoms with E-state index in [1.165, 1.54) is 0 Å². The van der Waals surface area contributed by atoms with Crippen molar-refractivity contribution in [1.82, 2.24) is 14.7 Å². The van der Waals surface area contributed by atoms with Gasteiger partial charge in [-0.3, -0.25) is 9.48 Å². The summed E-state index contributed by atoms with van der Waals surface area (Å²) in [6.45, 7) is 8.34. The monoisotopic (exact) mass is 315 g/mol. The first-order valence-corrected chi connectivity index (χ1v) is 7.71. The third-order valence-electron chi connectivity index (χ3n) is 2.94. The molecule has 0 unspecified atom stereocenters. The van der Waals surface area contributed by atoms with Crippen LogP contribution >= 0.6 is 15.9 Å². The van der Waals surface area contributed by atoms with Crippen LogP contribution in [0.5, 0.6) is 0 Å². The van der Waals surface area contributed by atoms with E-state index in [2.05, 4.69) is 28.0 Å². The number of aryl methyl sites for hydroxylation is 2. The number of hydrogen-bond donors (Lipinski definition) is 0. The average molecular weight is 316 g/mol. The molecular weight excluding hydrogens is 294 g/mol. The molecule has 102 valence electrons. The van der Waals surface area contributed by atoms with E-state index in [0.29, 0.717) is 5.69 Å². The highest BCUT2D eigenvalue weighted by atomic mass is 79.9. The van der Waals surface area contributed by atoms with Crippen LogP contribution in [0, 0.1) is 0 Å². The van der Waals surface area contributed by atoms with Crippen LogP contribution in [0.1, 0.15) is 43.4 Å². The van der Waals surface area contributed by atoms with E-state index in [0.717, 1.165) is 43.5 Å². The summed E-state index contributed by atoms with van der Waals surface area (Å²) in [5.41, 5.74) is 1.70. The molecule has 1 aromatic heterocycles. The fourth-order valence-electron chi connectivity index (χ4n) is 1.87. The highest BCUT2D eigenvalue weighted by Gasteiger charge is 2.19. The molecule has 18 heavy (non-hydrogen) atoms. The molecule has 0 aliphatic rings. The number of halogens is 1. The van der Waals surface area contributed by atoms with Crippen molar-refractivity contribution in [2.24, 2.45) is 0 Å². The van der Waals surface area contributed by atoms with E-state index in [9.17, 15) is 4.79 Å². The zero-order valence-electron chi connectivity index (χ0n) is 11.4. The molecule has 0 saturated heterocycles. The van der Waals surface area contributed by atoms with E-state index < -0.39 is 0 Å². The summed E-state index contributed by atoms with van der Waals surface area (Å²) in [4.78, 5) is 14.3. The first-order chi connectivity index (χ1) is 8.67. The van der Waals surface area contributed by atoms with Crippen LogP contribution in [-0.2, 0) is 13.0 Å². The van der Waals surface area contributed by atoms with Crippen LogP contribution in [0.2, 0.25) is 0 Å². The van der Waals surface area contributed by atoms with Gasteiger partial charge in [0.15, 0.2) is 0 Å². The normalized spacial score (nSPS) is 10.7. The molecule has 0 N–H and O–H groups in total. The zero-order chi connectivity index (χ0) is 13.5. The minimum Gasteiger partial charge on any atom is -0.338 e. The molecule has 0 fully saturated rings. The largest absolute Gasteiger partial charge is 0.338 e. The van der Waals surface area contributed by atoms with E-state index in [1.54, 1.807) is 4.68 Å². The maximum Gasteiger partial charge on any atom is 0.272 e. The fourth-order valence-corrected chi connectivity index (χ4v) is 2.12. The summed E-state index contributed by atoms with van der Waals surface area (Å²) < 4.78 is 1.80. The molecule has 0 spiro atoms. The van der Waals surface area contributed by atoms with E-state index in [-0.39, 0.29) is 5.91 Å². The van der Waals surface area contributed by atoms with Gasteiger partial charge in [0.1, 0.15) is 5.69 Å². The average Bonchev–Trinajstić information content (AvgIpc) is 2.82. The van der Waals surface area contributed by atoms with Gasteiger partial charge in [0.2, 0.25) is 0 Å². The molecule has 0 aliphatic carbocycles. The Morgan fingerprint density at radius 3 is 2.67 bits per heavy atom. The lowest BCUT2D eigenvalue weighted by molar-refractivity contribution is 0.0752. The Balaban J connectivity index is 2.89. The predicted molar refractivity (Wildman–Crippen MR) is 77.3 cm³/mol. The topological polar surface area (TPSA) is 38.1 Å². The molecule has 0 aliphatic heterocycles. The van der Waals surface area contributed by atoms with Crippen molar-refractivity contribution in [2.75, 3.05) is 18.4 Å². The molecule has 0 saturated carbocycles.